The summed E-state index contributed by atoms with van der Waals surface area (Å²) in [6, 6.07) is 9.89. The molecule has 1 amide bonds. The summed E-state index contributed by atoms with van der Waals surface area (Å²) in [5, 5.41) is 8.82. The average molecular weight is 310 g/mol. The van der Waals surface area contributed by atoms with Crippen LogP contribution in [0.25, 0.3) is 17.4 Å². The first-order valence-electron chi connectivity index (χ1n) is 6.54. The lowest BCUT2D eigenvalue weighted by molar-refractivity contribution is -0.114. The predicted octanol–water partition coefficient (Wildman–Crippen LogP) is 1.85. The molecule has 0 bridgehead atoms. The van der Waals surface area contributed by atoms with E-state index in [0.29, 0.717) is 28.4 Å². The van der Waals surface area contributed by atoms with Gasteiger partial charge < -0.3 is 19.6 Å². The Labute approximate surface area is 130 Å². The van der Waals surface area contributed by atoms with Crippen LogP contribution in [0.5, 0.6) is 5.75 Å². The second-order valence-corrected chi connectivity index (χ2v) is 4.64. The van der Waals surface area contributed by atoms with Crippen molar-refractivity contribution in [2.75, 3.05) is 6.79 Å². The zero-order chi connectivity index (χ0) is 16.4. The quantitative estimate of drug-likeness (QED) is 0.525. The van der Waals surface area contributed by atoms with Crippen molar-refractivity contribution < 1.29 is 23.5 Å². The third-order valence-electron chi connectivity index (χ3n) is 3.19. The van der Waals surface area contributed by atoms with Crippen LogP contribution in [0.1, 0.15) is 16.1 Å². The number of rotatable bonds is 3. The molecule has 2 N–H and O–H groups in total. The van der Waals surface area contributed by atoms with Gasteiger partial charge in [0.2, 0.25) is 6.79 Å². The van der Waals surface area contributed by atoms with E-state index in [-0.39, 0.29) is 12.4 Å². The summed E-state index contributed by atoms with van der Waals surface area (Å²) in [6.07, 6.45) is 1.26. The summed E-state index contributed by atoms with van der Waals surface area (Å²) < 4.78 is 15.6. The fourth-order valence-electron chi connectivity index (χ4n) is 2.07. The number of primary amides is 1. The number of nitriles is 1. The van der Waals surface area contributed by atoms with Gasteiger partial charge >= 0.3 is 5.97 Å². The summed E-state index contributed by atoms with van der Waals surface area (Å²) in [6.45, 7) is -0.133. The summed E-state index contributed by atoms with van der Waals surface area (Å²) >= 11 is 0. The molecular formula is C16H10N2O5. The zero-order valence-electron chi connectivity index (χ0n) is 11.7. The smallest absolute Gasteiger partial charge is 0.344 e. The van der Waals surface area contributed by atoms with Crippen LogP contribution in [0, 0.1) is 11.3 Å². The maximum absolute atomic E-state index is 11.5. The molecule has 0 fully saturated rings. The summed E-state index contributed by atoms with van der Waals surface area (Å²) in [5.74, 6) is -0.0639. The highest BCUT2D eigenvalue weighted by atomic mass is 16.7. The van der Waals surface area contributed by atoms with Crippen molar-refractivity contribution >= 4 is 18.0 Å². The molecule has 2 aromatic rings. The van der Waals surface area contributed by atoms with Gasteiger partial charge in [0, 0.05) is 11.6 Å². The van der Waals surface area contributed by atoms with Gasteiger partial charge in [-0.05, 0) is 24.3 Å². The number of amides is 1. The van der Waals surface area contributed by atoms with E-state index in [4.69, 9.17) is 24.9 Å². The van der Waals surface area contributed by atoms with Gasteiger partial charge in [0.05, 0.1) is 0 Å². The number of nitrogens with zero attached hydrogens (tertiary/aromatic N) is 1. The number of ether oxygens (including phenoxy) is 2. The first kappa shape index (κ1) is 14.4. The third-order valence-corrected chi connectivity index (χ3v) is 3.19. The van der Waals surface area contributed by atoms with Crippen molar-refractivity contribution in [3.05, 3.63) is 47.2 Å². The number of nitrogens with two attached hydrogens (primary N) is 1. The number of fused-ring (bicyclic) bond motifs is 1. The van der Waals surface area contributed by atoms with Gasteiger partial charge in [0.1, 0.15) is 34.5 Å². The average Bonchev–Trinajstić information content (AvgIpc) is 3.01. The highest BCUT2D eigenvalue weighted by Gasteiger charge is 2.20. The van der Waals surface area contributed by atoms with Gasteiger partial charge in [0.15, 0.2) is 0 Å². The minimum absolute atomic E-state index is 0.133. The lowest BCUT2D eigenvalue weighted by Crippen LogP contribution is -2.18. The Balaban J connectivity index is 1.94. The third kappa shape index (κ3) is 2.78. The normalized spacial score (nSPS) is 13.5. The van der Waals surface area contributed by atoms with Crippen LogP contribution >= 0.6 is 0 Å². The van der Waals surface area contributed by atoms with Crippen molar-refractivity contribution in [1.29, 1.82) is 5.26 Å². The largest absolute Gasteiger partial charge is 0.457 e. The molecule has 0 unspecified atom stereocenters. The minimum Gasteiger partial charge on any atom is -0.457 e. The molecule has 7 heteroatoms. The van der Waals surface area contributed by atoms with Crippen LogP contribution in [-0.4, -0.2) is 18.7 Å². The Morgan fingerprint density at radius 3 is 2.83 bits per heavy atom. The second-order valence-electron chi connectivity index (χ2n) is 4.64. The van der Waals surface area contributed by atoms with Gasteiger partial charge in [-0.15, -0.1) is 0 Å². The van der Waals surface area contributed by atoms with Crippen molar-refractivity contribution in [1.82, 2.24) is 0 Å². The van der Waals surface area contributed by atoms with Crippen molar-refractivity contribution in [3.63, 3.8) is 0 Å². The number of hydrogen-bond donors (Lipinski definition) is 1. The lowest BCUT2D eigenvalue weighted by Gasteiger charge is -2.16. The molecule has 1 aliphatic heterocycles. The van der Waals surface area contributed by atoms with E-state index in [1.165, 1.54) is 6.08 Å². The van der Waals surface area contributed by atoms with Crippen LogP contribution in [0.15, 0.2) is 40.3 Å². The van der Waals surface area contributed by atoms with E-state index in [9.17, 15) is 9.59 Å². The van der Waals surface area contributed by atoms with Crippen molar-refractivity contribution in [3.8, 4) is 23.1 Å². The van der Waals surface area contributed by atoms with Crippen LogP contribution in [-0.2, 0) is 9.53 Å². The predicted molar refractivity (Wildman–Crippen MR) is 77.8 cm³/mol. The Hall–Kier alpha value is -3.53. The van der Waals surface area contributed by atoms with Crippen LogP contribution in [0.4, 0.5) is 0 Å². The number of carbonyl (C=O) groups is 2. The van der Waals surface area contributed by atoms with Crippen LogP contribution in [0.2, 0.25) is 0 Å². The number of cyclic esters (lactones) is 1. The monoisotopic (exact) mass is 310 g/mol. The van der Waals surface area contributed by atoms with Gasteiger partial charge in [-0.3, -0.25) is 4.79 Å². The first-order valence-corrected chi connectivity index (χ1v) is 6.54. The van der Waals surface area contributed by atoms with Gasteiger partial charge in [-0.2, -0.15) is 5.26 Å². The lowest BCUT2D eigenvalue weighted by atomic mass is 10.1. The van der Waals surface area contributed by atoms with E-state index < -0.39 is 11.9 Å². The molecule has 0 atom stereocenters. The molecular weight excluding hydrogens is 300 g/mol. The Kier molecular flexibility index (Phi) is 3.57. The summed E-state index contributed by atoms with van der Waals surface area (Å²) in [4.78, 5) is 22.6. The Bertz CT molecular complexity index is 873. The number of furan rings is 1. The van der Waals surface area contributed by atoms with E-state index in [1.807, 2.05) is 0 Å². The highest BCUT2D eigenvalue weighted by molar-refractivity contribution is 6.00. The Morgan fingerprint density at radius 2 is 2.09 bits per heavy atom. The van der Waals surface area contributed by atoms with E-state index in [0.717, 1.165) is 0 Å². The minimum atomic E-state index is -0.828. The number of benzene rings is 1. The molecule has 2 heterocycles. The topological polar surface area (TPSA) is 116 Å². The van der Waals surface area contributed by atoms with E-state index in [1.54, 1.807) is 36.4 Å². The molecule has 1 aromatic carbocycles. The molecule has 3 rings (SSSR count). The maximum Gasteiger partial charge on any atom is 0.344 e. The zero-order valence-corrected chi connectivity index (χ0v) is 11.7. The molecule has 0 aliphatic carbocycles. The number of esters is 1. The summed E-state index contributed by atoms with van der Waals surface area (Å²) in [7, 11) is 0. The van der Waals surface area contributed by atoms with Gasteiger partial charge in [-0.1, -0.05) is 6.07 Å². The molecule has 23 heavy (non-hydrogen) atoms. The maximum atomic E-state index is 11.5. The first-order chi connectivity index (χ1) is 11.1. The van der Waals surface area contributed by atoms with E-state index in [2.05, 4.69) is 0 Å². The molecule has 114 valence electrons. The molecule has 0 saturated carbocycles. The molecule has 7 nitrogen and oxygen atoms in total. The van der Waals surface area contributed by atoms with Gasteiger partial charge in [-0.25, -0.2) is 4.79 Å². The molecule has 0 saturated heterocycles. The molecule has 1 aromatic heterocycles. The highest BCUT2D eigenvalue weighted by Crippen LogP contribution is 2.31. The van der Waals surface area contributed by atoms with Crippen molar-refractivity contribution in [2.45, 2.75) is 0 Å². The van der Waals surface area contributed by atoms with Crippen molar-refractivity contribution in [2.24, 2.45) is 5.73 Å². The summed E-state index contributed by atoms with van der Waals surface area (Å²) in [5.41, 5.74) is 5.88. The molecule has 1 aliphatic rings. The number of hydrogen-bond acceptors (Lipinski definition) is 6. The standard InChI is InChI=1S/C16H10N2O5/c17-7-10(15(18)19)5-11-2-4-13(23-11)9-1-3-12-14(6-9)21-8-22-16(12)20/h1-6H,8H2,(H2,18,19)/b10-5+. The Morgan fingerprint density at radius 1 is 1.26 bits per heavy atom. The van der Waals surface area contributed by atoms with Gasteiger partial charge in [0.25, 0.3) is 5.91 Å². The molecule has 0 radical (unpaired) electrons. The van der Waals surface area contributed by atoms with E-state index >= 15 is 0 Å². The number of carbonyl (C=O) groups excluding carboxylic acids is 2. The SMILES string of the molecule is N#C/C(=C\c1ccc(-c2ccc3c(c2)OCOC3=O)o1)C(N)=O. The second kappa shape index (κ2) is 5.69. The van der Waals surface area contributed by atoms with Crippen LogP contribution in [0.3, 0.4) is 0 Å². The fourth-order valence-corrected chi connectivity index (χ4v) is 2.07. The molecule has 0 spiro atoms. The van der Waals surface area contributed by atoms with Crippen LogP contribution < -0.4 is 10.5 Å². The fraction of sp³-hybridized carbons (Fsp3) is 0.0625.